The normalized spacial score (nSPS) is 20.7. The minimum Gasteiger partial charge on any atom is -0.340 e. The van der Waals surface area contributed by atoms with Crippen molar-refractivity contribution in [2.24, 2.45) is 5.92 Å². The van der Waals surface area contributed by atoms with Crippen molar-refractivity contribution >= 4 is 5.91 Å². The number of nitrogens with one attached hydrogen (secondary N) is 1. The van der Waals surface area contributed by atoms with E-state index >= 15 is 0 Å². The van der Waals surface area contributed by atoms with Gasteiger partial charge in [0.05, 0.1) is 0 Å². The maximum Gasteiger partial charge on any atom is 0.223 e. The largest absolute Gasteiger partial charge is 0.340 e. The van der Waals surface area contributed by atoms with Crippen LogP contribution in [0.2, 0.25) is 0 Å². The van der Waals surface area contributed by atoms with Crippen LogP contribution in [-0.2, 0) is 4.79 Å². The van der Waals surface area contributed by atoms with E-state index in [9.17, 15) is 4.79 Å². The summed E-state index contributed by atoms with van der Waals surface area (Å²) in [5.41, 5.74) is 0. The third-order valence-electron chi connectivity index (χ3n) is 4.92. The molecule has 1 saturated carbocycles. The molecule has 4 heteroatoms. The molecule has 1 aliphatic heterocycles. The van der Waals surface area contributed by atoms with Crippen molar-refractivity contribution in [3.8, 4) is 0 Å². The monoisotopic (exact) mass is 295 g/mol. The third kappa shape index (κ3) is 5.59. The fourth-order valence-corrected chi connectivity index (χ4v) is 3.48. The number of hydrogen-bond acceptors (Lipinski definition) is 3. The Labute approximate surface area is 130 Å². The number of amides is 1. The van der Waals surface area contributed by atoms with Crippen molar-refractivity contribution in [3.63, 3.8) is 0 Å². The van der Waals surface area contributed by atoms with Gasteiger partial charge in [-0.15, -0.1) is 0 Å². The molecule has 0 unspecified atom stereocenters. The minimum absolute atomic E-state index is 0.351. The highest BCUT2D eigenvalue weighted by Crippen LogP contribution is 2.24. The van der Waals surface area contributed by atoms with Gasteiger partial charge in [0.15, 0.2) is 0 Å². The molecule has 4 nitrogen and oxygen atoms in total. The molecule has 21 heavy (non-hydrogen) atoms. The Hall–Kier alpha value is -0.610. The Bertz CT molecular complexity index is 307. The van der Waals surface area contributed by atoms with Crippen molar-refractivity contribution in [2.75, 3.05) is 39.3 Å². The second-order valence-electron chi connectivity index (χ2n) is 7.04. The SMILES string of the molecule is CC(C)CCN(CCC(=O)N1CCNCC1)C1CCCC1. The number of hydrogen-bond donors (Lipinski definition) is 1. The summed E-state index contributed by atoms with van der Waals surface area (Å²) in [6.07, 6.45) is 7.36. The molecule has 1 N–H and O–H groups in total. The number of piperazine rings is 1. The summed E-state index contributed by atoms with van der Waals surface area (Å²) < 4.78 is 0. The van der Waals surface area contributed by atoms with E-state index in [0.29, 0.717) is 12.3 Å². The van der Waals surface area contributed by atoms with Crippen molar-refractivity contribution in [1.82, 2.24) is 15.1 Å². The van der Waals surface area contributed by atoms with Crippen molar-refractivity contribution in [3.05, 3.63) is 0 Å². The van der Waals surface area contributed by atoms with Gasteiger partial charge in [-0.05, 0) is 31.7 Å². The lowest BCUT2D eigenvalue weighted by Crippen LogP contribution is -2.47. The van der Waals surface area contributed by atoms with Crippen LogP contribution < -0.4 is 5.32 Å². The van der Waals surface area contributed by atoms with Crippen LogP contribution in [-0.4, -0.2) is 61.0 Å². The second-order valence-corrected chi connectivity index (χ2v) is 7.04. The second kappa shape index (κ2) is 8.74. The Morgan fingerprint density at radius 3 is 2.48 bits per heavy atom. The lowest BCUT2D eigenvalue weighted by atomic mass is 10.1. The van der Waals surface area contributed by atoms with Gasteiger partial charge in [-0.25, -0.2) is 0 Å². The van der Waals surface area contributed by atoms with Crippen LogP contribution >= 0.6 is 0 Å². The smallest absolute Gasteiger partial charge is 0.223 e. The standard InChI is InChI=1S/C17H33N3O/c1-15(2)7-11-19(16-5-3-4-6-16)12-8-17(21)20-13-9-18-10-14-20/h15-16,18H,3-14H2,1-2H3. The van der Waals surface area contributed by atoms with E-state index < -0.39 is 0 Å². The molecule has 1 heterocycles. The fraction of sp³-hybridized carbons (Fsp3) is 0.941. The van der Waals surface area contributed by atoms with Crippen LogP contribution in [0, 0.1) is 5.92 Å². The van der Waals surface area contributed by atoms with E-state index in [1.54, 1.807) is 0 Å². The van der Waals surface area contributed by atoms with Crippen molar-refractivity contribution in [1.29, 1.82) is 0 Å². The summed E-state index contributed by atoms with van der Waals surface area (Å²) in [5, 5.41) is 3.31. The molecule has 0 aromatic heterocycles. The molecule has 1 saturated heterocycles. The number of nitrogens with zero attached hydrogens (tertiary/aromatic N) is 2. The fourth-order valence-electron chi connectivity index (χ4n) is 3.48. The Morgan fingerprint density at radius 1 is 1.19 bits per heavy atom. The maximum absolute atomic E-state index is 12.3. The summed E-state index contributed by atoms with van der Waals surface area (Å²) >= 11 is 0. The highest BCUT2D eigenvalue weighted by Gasteiger charge is 2.24. The molecule has 0 aromatic carbocycles. The highest BCUT2D eigenvalue weighted by molar-refractivity contribution is 5.76. The van der Waals surface area contributed by atoms with Crippen molar-refractivity contribution < 1.29 is 4.79 Å². The van der Waals surface area contributed by atoms with E-state index in [4.69, 9.17) is 0 Å². The molecule has 0 atom stereocenters. The molecular formula is C17H33N3O. The van der Waals surface area contributed by atoms with E-state index in [2.05, 4.69) is 24.1 Å². The number of carbonyl (C=O) groups is 1. The van der Waals surface area contributed by atoms with Crippen LogP contribution in [0.4, 0.5) is 0 Å². The van der Waals surface area contributed by atoms with Gasteiger partial charge in [0.1, 0.15) is 0 Å². The molecule has 0 radical (unpaired) electrons. The zero-order valence-corrected chi connectivity index (χ0v) is 13.9. The predicted molar refractivity (Wildman–Crippen MR) is 87.4 cm³/mol. The molecule has 2 rings (SSSR count). The molecule has 0 aromatic rings. The predicted octanol–water partition coefficient (Wildman–Crippen LogP) is 2.10. The van der Waals surface area contributed by atoms with Crippen LogP contribution in [0.25, 0.3) is 0 Å². The minimum atomic E-state index is 0.351. The van der Waals surface area contributed by atoms with E-state index in [-0.39, 0.29) is 0 Å². The van der Waals surface area contributed by atoms with Crippen LogP contribution in [0.1, 0.15) is 52.4 Å². The molecular weight excluding hydrogens is 262 g/mol. The molecule has 2 fully saturated rings. The summed E-state index contributed by atoms with van der Waals surface area (Å²) in [7, 11) is 0. The lowest BCUT2D eigenvalue weighted by molar-refractivity contribution is -0.132. The number of carbonyl (C=O) groups excluding carboxylic acids is 1. The van der Waals surface area contributed by atoms with Crippen LogP contribution in [0.5, 0.6) is 0 Å². The van der Waals surface area contributed by atoms with E-state index in [1.807, 2.05) is 4.90 Å². The molecule has 0 bridgehead atoms. The molecule has 2 aliphatic rings. The Morgan fingerprint density at radius 2 is 1.86 bits per heavy atom. The van der Waals surface area contributed by atoms with Gasteiger partial charge in [-0.3, -0.25) is 9.69 Å². The van der Waals surface area contributed by atoms with Gasteiger partial charge in [-0.1, -0.05) is 26.7 Å². The maximum atomic E-state index is 12.3. The van der Waals surface area contributed by atoms with Gasteiger partial charge in [-0.2, -0.15) is 0 Å². The van der Waals surface area contributed by atoms with Gasteiger partial charge >= 0.3 is 0 Å². The molecule has 0 spiro atoms. The third-order valence-corrected chi connectivity index (χ3v) is 4.92. The van der Waals surface area contributed by atoms with Gasteiger partial charge in [0.2, 0.25) is 5.91 Å². The average Bonchev–Trinajstić information content (AvgIpc) is 3.02. The first-order valence-corrected chi connectivity index (χ1v) is 8.89. The Kier molecular flexibility index (Phi) is 6.97. The zero-order valence-electron chi connectivity index (χ0n) is 13.9. The average molecular weight is 295 g/mol. The van der Waals surface area contributed by atoms with Gasteiger partial charge in [0.25, 0.3) is 0 Å². The molecule has 1 amide bonds. The lowest BCUT2D eigenvalue weighted by Gasteiger charge is -2.31. The summed E-state index contributed by atoms with van der Waals surface area (Å²) in [6.45, 7) is 10.4. The molecule has 1 aliphatic carbocycles. The highest BCUT2D eigenvalue weighted by atomic mass is 16.2. The number of rotatable bonds is 7. The molecule has 122 valence electrons. The zero-order chi connectivity index (χ0) is 15.1. The first-order valence-electron chi connectivity index (χ1n) is 8.89. The topological polar surface area (TPSA) is 35.6 Å². The summed E-state index contributed by atoms with van der Waals surface area (Å²) in [5.74, 6) is 1.10. The van der Waals surface area contributed by atoms with E-state index in [1.165, 1.54) is 32.1 Å². The first kappa shape index (κ1) is 16.8. The van der Waals surface area contributed by atoms with Crippen LogP contribution in [0.15, 0.2) is 0 Å². The van der Waals surface area contributed by atoms with Gasteiger partial charge in [0, 0.05) is 45.2 Å². The summed E-state index contributed by atoms with van der Waals surface area (Å²) in [4.78, 5) is 17.0. The first-order chi connectivity index (χ1) is 10.2. The summed E-state index contributed by atoms with van der Waals surface area (Å²) in [6, 6.07) is 0.736. The quantitative estimate of drug-likeness (QED) is 0.781. The van der Waals surface area contributed by atoms with Crippen molar-refractivity contribution in [2.45, 2.75) is 58.4 Å². The van der Waals surface area contributed by atoms with Crippen LogP contribution in [0.3, 0.4) is 0 Å². The van der Waals surface area contributed by atoms with Gasteiger partial charge < -0.3 is 10.2 Å². The Balaban J connectivity index is 1.78. The van der Waals surface area contributed by atoms with E-state index in [0.717, 1.165) is 51.2 Å².